The lowest BCUT2D eigenvalue weighted by atomic mass is 10.1. The van der Waals surface area contributed by atoms with Crippen LogP contribution in [0.25, 0.3) is 11.3 Å². The van der Waals surface area contributed by atoms with E-state index in [4.69, 9.17) is 10.5 Å². The van der Waals surface area contributed by atoms with Crippen molar-refractivity contribution in [1.29, 1.82) is 0 Å². The maximum absolute atomic E-state index is 11.4. The molecule has 0 bridgehead atoms. The minimum atomic E-state index is -0.539. The summed E-state index contributed by atoms with van der Waals surface area (Å²) in [6, 6.07) is 7.58. The fraction of sp³-hybridized carbons (Fsp3) is 0.312. The predicted molar refractivity (Wildman–Crippen MR) is 83.4 cm³/mol. The molecule has 1 amide bonds. The second-order valence-corrected chi connectivity index (χ2v) is 5.23. The van der Waals surface area contributed by atoms with Gasteiger partial charge in [0.25, 0.3) is 5.91 Å². The first-order chi connectivity index (χ1) is 10.7. The summed E-state index contributed by atoms with van der Waals surface area (Å²) in [6.07, 6.45) is 5.32. The van der Waals surface area contributed by atoms with Crippen LogP contribution in [-0.4, -0.2) is 35.1 Å². The highest BCUT2D eigenvalue weighted by Gasteiger charge is 2.17. The van der Waals surface area contributed by atoms with Crippen LogP contribution in [0.5, 0.6) is 0 Å². The van der Waals surface area contributed by atoms with Crippen LogP contribution in [0.2, 0.25) is 0 Å². The molecule has 0 atom stereocenters. The highest BCUT2D eigenvalue weighted by Crippen LogP contribution is 2.27. The minimum Gasteiger partial charge on any atom is -0.381 e. The van der Waals surface area contributed by atoms with Gasteiger partial charge in [-0.1, -0.05) is 0 Å². The van der Waals surface area contributed by atoms with Crippen molar-refractivity contribution in [1.82, 2.24) is 9.97 Å². The predicted octanol–water partition coefficient (Wildman–Crippen LogP) is 1.83. The van der Waals surface area contributed by atoms with Crippen LogP contribution < -0.4 is 11.1 Å². The van der Waals surface area contributed by atoms with Crippen LogP contribution in [0.4, 0.5) is 5.69 Å². The highest BCUT2D eigenvalue weighted by molar-refractivity contribution is 5.92. The third-order valence-electron chi connectivity index (χ3n) is 3.66. The van der Waals surface area contributed by atoms with E-state index in [-0.39, 0.29) is 5.69 Å². The summed E-state index contributed by atoms with van der Waals surface area (Å²) in [5, 5.41) is 3.49. The van der Waals surface area contributed by atoms with Gasteiger partial charge in [-0.3, -0.25) is 9.78 Å². The number of amides is 1. The van der Waals surface area contributed by atoms with E-state index in [0.717, 1.165) is 37.3 Å². The van der Waals surface area contributed by atoms with E-state index in [1.54, 1.807) is 18.5 Å². The van der Waals surface area contributed by atoms with Gasteiger partial charge in [-0.2, -0.15) is 0 Å². The van der Waals surface area contributed by atoms with E-state index in [1.165, 1.54) is 0 Å². The summed E-state index contributed by atoms with van der Waals surface area (Å²) in [5.74, 6) is -0.539. The van der Waals surface area contributed by atoms with Crippen LogP contribution in [0.3, 0.4) is 0 Å². The van der Waals surface area contributed by atoms with Crippen molar-refractivity contribution in [3.05, 3.63) is 42.4 Å². The monoisotopic (exact) mass is 298 g/mol. The molecular weight excluding hydrogens is 280 g/mol. The fourth-order valence-electron chi connectivity index (χ4n) is 2.50. The molecule has 1 aliphatic heterocycles. The second kappa shape index (κ2) is 6.53. The Morgan fingerprint density at radius 1 is 1.27 bits per heavy atom. The zero-order valence-corrected chi connectivity index (χ0v) is 12.2. The number of rotatable bonds is 4. The fourth-order valence-corrected chi connectivity index (χ4v) is 2.50. The van der Waals surface area contributed by atoms with Crippen LogP contribution in [0, 0.1) is 0 Å². The average Bonchev–Trinajstić information content (AvgIpc) is 2.57. The van der Waals surface area contributed by atoms with E-state index in [2.05, 4.69) is 15.3 Å². The van der Waals surface area contributed by atoms with Gasteiger partial charge < -0.3 is 15.8 Å². The number of carbonyl (C=O) groups is 1. The number of nitrogens with two attached hydrogens (primary N) is 1. The van der Waals surface area contributed by atoms with Crippen LogP contribution in [0.15, 0.2) is 36.7 Å². The van der Waals surface area contributed by atoms with Gasteiger partial charge in [0, 0.05) is 37.2 Å². The van der Waals surface area contributed by atoms with Gasteiger partial charge in [-0.25, -0.2) is 4.98 Å². The van der Waals surface area contributed by atoms with Crippen molar-refractivity contribution >= 4 is 11.6 Å². The lowest BCUT2D eigenvalue weighted by Crippen LogP contribution is -2.28. The quantitative estimate of drug-likeness (QED) is 0.898. The van der Waals surface area contributed by atoms with Gasteiger partial charge in [0.1, 0.15) is 5.69 Å². The van der Waals surface area contributed by atoms with Crippen molar-refractivity contribution in [2.24, 2.45) is 5.73 Å². The summed E-state index contributed by atoms with van der Waals surface area (Å²) < 4.78 is 5.38. The Labute approximate surface area is 128 Å². The molecule has 2 aromatic rings. The molecule has 22 heavy (non-hydrogen) atoms. The normalized spacial score (nSPS) is 15.5. The largest absolute Gasteiger partial charge is 0.381 e. The van der Waals surface area contributed by atoms with Crippen molar-refractivity contribution in [2.75, 3.05) is 18.5 Å². The molecule has 6 heteroatoms. The summed E-state index contributed by atoms with van der Waals surface area (Å²) in [4.78, 5) is 19.9. The van der Waals surface area contributed by atoms with Crippen LogP contribution >= 0.6 is 0 Å². The van der Waals surface area contributed by atoms with Gasteiger partial charge in [-0.05, 0) is 37.1 Å². The third kappa shape index (κ3) is 3.23. The molecule has 3 N–H and O–H groups in total. The number of carbonyl (C=O) groups excluding carboxylic acids is 1. The molecule has 0 saturated carbocycles. The molecule has 3 heterocycles. The summed E-state index contributed by atoms with van der Waals surface area (Å²) in [6.45, 7) is 1.51. The van der Waals surface area contributed by atoms with E-state index >= 15 is 0 Å². The molecule has 114 valence electrons. The Bertz CT molecular complexity index is 654. The summed E-state index contributed by atoms with van der Waals surface area (Å²) >= 11 is 0. The molecule has 0 aliphatic carbocycles. The van der Waals surface area contributed by atoms with Crippen molar-refractivity contribution in [3.8, 4) is 11.3 Å². The Balaban J connectivity index is 1.95. The molecule has 2 aromatic heterocycles. The maximum atomic E-state index is 11.4. The molecule has 0 unspecified atom stereocenters. The number of hydrogen-bond acceptors (Lipinski definition) is 5. The van der Waals surface area contributed by atoms with Gasteiger partial charge in [0.05, 0.1) is 11.4 Å². The Morgan fingerprint density at radius 3 is 2.77 bits per heavy atom. The lowest BCUT2D eigenvalue weighted by Gasteiger charge is -2.25. The summed E-state index contributed by atoms with van der Waals surface area (Å²) in [7, 11) is 0. The molecule has 0 aromatic carbocycles. The minimum absolute atomic E-state index is 0.247. The number of nitrogens with zero attached hydrogens (tertiary/aromatic N) is 2. The Kier molecular flexibility index (Phi) is 4.29. The number of pyridine rings is 2. The smallest absolute Gasteiger partial charge is 0.267 e. The van der Waals surface area contributed by atoms with Gasteiger partial charge >= 0.3 is 0 Å². The number of hydrogen-bond donors (Lipinski definition) is 2. The first-order valence-corrected chi connectivity index (χ1v) is 7.29. The highest BCUT2D eigenvalue weighted by atomic mass is 16.5. The first kappa shape index (κ1) is 14.5. The van der Waals surface area contributed by atoms with Crippen LogP contribution in [-0.2, 0) is 4.74 Å². The number of anilines is 1. The molecule has 0 spiro atoms. The number of ether oxygens (including phenoxy) is 1. The third-order valence-corrected chi connectivity index (χ3v) is 3.66. The van der Waals surface area contributed by atoms with Crippen molar-refractivity contribution < 1.29 is 9.53 Å². The first-order valence-electron chi connectivity index (χ1n) is 7.29. The van der Waals surface area contributed by atoms with Gasteiger partial charge in [-0.15, -0.1) is 0 Å². The topological polar surface area (TPSA) is 90.1 Å². The standard InChI is InChI=1S/C16H18N4O2/c17-16(21)14-4-3-13(19-12-5-8-22-9-6-12)15(20-14)11-2-1-7-18-10-11/h1-4,7,10,12,19H,5-6,8-9H2,(H2,17,21). The zero-order chi connectivity index (χ0) is 15.4. The molecule has 3 rings (SSSR count). The SMILES string of the molecule is NC(=O)c1ccc(NC2CCOCC2)c(-c2cccnc2)n1. The molecule has 1 aliphatic rings. The van der Waals surface area contributed by atoms with Crippen LogP contribution in [0.1, 0.15) is 23.3 Å². The Hall–Kier alpha value is -2.47. The van der Waals surface area contributed by atoms with E-state index in [1.807, 2.05) is 18.2 Å². The second-order valence-electron chi connectivity index (χ2n) is 5.23. The van der Waals surface area contributed by atoms with Gasteiger partial charge in [0.2, 0.25) is 0 Å². The average molecular weight is 298 g/mol. The van der Waals surface area contributed by atoms with E-state index < -0.39 is 5.91 Å². The molecule has 6 nitrogen and oxygen atoms in total. The zero-order valence-electron chi connectivity index (χ0n) is 12.2. The molecular formula is C16H18N4O2. The number of nitrogens with one attached hydrogen (secondary N) is 1. The van der Waals surface area contributed by atoms with E-state index in [0.29, 0.717) is 11.7 Å². The Morgan fingerprint density at radius 2 is 2.09 bits per heavy atom. The van der Waals surface area contributed by atoms with Crippen molar-refractivity contribution in [3.63, 3.8) is 0 Å². The van der Waals surface area contributed by atoms with Gasteiger partial charge in [0.15, 0.2) is 0 Å². The maximum Gasteiger partial charge on any atom is 0.267 e. The number of aromatic nitrogens is 2. The summed E-state index contributed by atoms with van der Waals surface area (Å²) in [5.41, 5.74) is 8.01. The number of primary amides is 1. The lowest BCUT2D eigenvalue weighted by molar-refractivity contribution is 0.0904. The van der Waals surface area contributed by atoms with E-state index in [9.17, 15) is 4.79 Å². The molecule has 1 saturated heterocycles. The molecule has 1 fully saturated rings. The molecule has 0 radical (unpaired) electrons. The van der Waals surface area contributed by atoms with Crippen molar-refractivity contribution in [2.45, 2.75) is 18.9 Å².